The molecule has 0 bridgehead atoms. The first kappa shape index (κ1) is 26.2. The van der Waals surface area contributed by atoms with Crippen LogP contribution in [-0.2, 0) is 11.0 Å². The largest absolute Gasteiger partial charge is 0.416 e. The average Bonchev–Trinajstić information content (AvgIpc) is 2.81. The predicted octanol–water partition coefficient (Wildman–Crippen LogP) is 5.95. The van der Waals surface area contributed by atoms with Crippen molar-refractivity contribution in [3.8, 4) is 11.1 Å². The maximum atomic E-state index is 14.6. The second-order valence-electron chi connectivity index (χ2n) is 8.98. The fraction of sp³-hybridized carbons (Fsp3) is 0.269. The first-order chi connectivity index (χ1) is 17.3. The van der Waals surface area contributed by atoms with Crippen molar-refractivity contribution in [2.24, 2.45) is 5.92 Å². The summed E-state index contributed by atoms with van der Waals surface area (Å²) in [5.74, 6) is -7.46. The van der Waals surface area contributed by atoms with E-state index in [0.717, 1.165) is 17.0 Å². The van der Waals surface area contributed by atoms with Crippen LogP contribution in [0.2, 0.25) is 0 Å². The van der Waals surface area contributed by atoms with E-state index in [9.17, 15) is 35.9 Å². The number of amides is 2. The molecule has 0 saturated carbocycles. The van der Waals surface area contributed by atoms with Crippen molar-refractivity contribution in [2.75, 3.05) is 18.4 Å². The molecule has 5 nitrogen and oxygen atoms in total. The molecule has 1 N–H and O–H groups in total. The van der Waals surface area contributed by atoms with Crippen molar-refractivity contribution in [2.45, 2.75) is 25.4 Å². The normalized spacial score (nSPS) is 17.4. The summed E-state index contributed by atoms with van der Waals surface area (Å²) < 4.78 is 82.8. The number of hydrogen-bond donors (Lipinski definition) is 1. The molecule has 4 rings (SSSR count). The number of alkyl halides is 5. The lowest BCUT2D eigenvalue weighted by atomic mass is 9.93. The Bertz CT molecular complexity index is 1330. The molecule has 1 aliphatic heterocycles. The zero-order chi connectivity index (χ0) is 27.0. The van der Waals surface area contributed by atoms with Crippen LogP contribution < -0.4 is 5.32 Å². The molecule has 3 aromatic rings. The quantitative estimate of drug-likeness (QED) is 0.432. The zero-order valence-corrected chi connectivity index (χ0v) is 19.5. The van der Waals surface area contributed by atoms with Crippen molar-refractivity contribution in [1.82, 2.24) is 9.88 Å². The molecule has 2 heterocycles. The van der Waals surface area contributed by atoms with Gasteiger partial charge in [0.15, 0.2) is 0 Å². The van der Waals surface area contributed by atoms with Gasteiger partial charge in [0.2, 0.25) is 5.91 Å². The molecular weight excluding hydrogens is 500 g/mol. The van der Waals surface area contributed by atoms with Crippen molar-refractivity contribution < 1.29 is 35.9 Å². The Morgan fingerprint density at radius 2 is 1.73 bits per heavy atom. The summed E-state index contributed by atoms with van der Waals surface area (Å²) >= 11 is 0. The van der Waals surface area contributed by atoms with Gasteiger partial charge in [-0.3, -0.25) is 14.6 Å². The third-order valence-corrected chi connectivity index (χ3v) is 5.90. The number of carbonyl (C=O) groups is 2. The molecule has 1 atom stereocenters. The van der Waals surface area contributed by atoms with Gasteiger partial charge in [-0.2, -0.15) is 13.2 Å². The number of carbonyl (C=O) groups excluding carboxylic acids is 2. The number of piperidine rings is 1. The van der Waals surface area contributed by atoms with E-state index in [4.69, 9.17) is 0 Å². The number of pyridine rings is 1. The minimum absolute atomic E-state index is 0.183. The second kappa shape index (κ2) is 9.87. The molecule has 2 aromatic carbocycles. The number of nitrogens with one attached hydrogen (secondary N) is 1. The Balaban J connectivity index is 1.56. The van der Waals surface area contributed by atoms with Crippen LogP contribution in [0, 0.1) is 18.7 Å². The van der Waals surface area contributed by atoms with Gasteiger partial charge in [0.1, 0.15) is 5.82 Å². The SMILES string of the molecule is Cc1cc(NC(=O)C2CN(C(=O)c3cc(F)cc(-c4ccncc4)c3)CC(F)(F)C2)cc(C(F)(F)F)c1. The Hall–Kier alpha value is -3.89. The highest BCUT2D eigenvalue weighted by Crippen LogP contribution is 2.34. The first-order valence-electron chi connectivity index (χ1n) is 11.2. The average molecular weight is 521 g/mol. The number of aryl methyl sites for hydroxylation is 1. The van der Waals surface area contributed by atoms with Crippen LogP contribution in [-0.4, -0.2) is 40.7 Å². The van der Waals surface area contributed by atoms with E-state index in [0.29, 0.717) is 17.2 Å². The molecule has 0 radical (unpaired) electrons. The molecule has 194 valence electrons. The summed E-state index contributed by atoms with van der Waals surface area (Å²) in [4.78, 5) is 30.5. The summed E-state index contributed by atoms with van der Waals surface area (Å²) in [5.41, 5.74) is -0.269. The van der Waals surface area contributed by atoms with Gasteiger partial charge in [-0.25, -0.2) is 13.2 Å². The third-order valence-electron chi connectivity index (χ3n) is 5.90. The maximum absolute atomic E-state index is 14.6. The van der Waals surface area contributed by atoms with Crippen molar-refractivity contribution >= 4 is 17.5 Å². The van der Waals surface area contributed by atoms with Crippen LogP contribution in [0.5, 0.6) is 0 Å². The summed E-state index contributed by atoms with van der Waals surface area (Å²) in [6, 6.07) is 9.52. The van der Waals surface area contributed by atoms with Crippen LogP contribution in [0.1, 0.15) is 27.9 Å². The topological polar surface area (TPSA) is 62.3 Å². The third kappa shape index (κ3) is 6.28. The minimum Gasteiger partial charge on any atom is -0.332 e. The lowest BCUT2D eigenvalue weighted by Gasteiger charge is -2.37. The highest BCUT2D eigenvalue weighted by molar-refractivity contribution is 5.97. The molecule has 1 aromatic heterocycles. The molecule has 0 spiro atoms. The van der Waals surface area contributed by atoms with Crippen molar-refractivity contribution in [3.05, 3.63) is 83.4 Å². The van der Waals surface area contributed by atoms with E-state index in [-0.39, 0.29) is 16.8 Å². The predicted molar refractivity (Wildman–Crippen MR) is 123 cm³/mol. The van der Waals surface area contributed by atoms with Gasteiger partial charge >= 0.3 is 6.18 Å². The van der Waals surface area contributed by atoms with Crippen molar-refractivity contribution in [1.29, 1.82) is 0 Å². The van der Waals surface area contributed by atoms with Gasteiger partial charge in [-0.05, 0) is 72.1 Å². The molecule has 1 unspecified atom stereocenters. The van der Waals surface area contributed by atoms with Gasteiger partial charge in [0.05, 0.1) is 18.0 Å². The van der Waals surface area contributed by atoms with Crippen LogP contribution in [0.3, 0.4) is 0 Å². The highest BCUT2D eigenvalue weighted by Gasteiger charge is 2.45. The number of rotatable bonds is 4. The summed E-state index contributed by atoms with van der Waals surface area (Å²) in [5, 5.41) is 2.27. The first-order valence-corrected chi connectivity index (χ1v) is 11.2. The Labute approximate surface area is 208 Å². The molecule has 0 aliphatic carbocycles. The molecule has 37 heavy (non-hydrogen) atoms. The number of hydrogen-bond acceptors (Lipinski definition) is 3. The fourth-order valence-corrected chi connectivity index (χ4v) is 4.30. The van der Waals surface area contributed by atoms with Gasteiger partial charge in [0.25, 0.3) is 11.8 Å². The van der Waals surface area contributed by atoms with Gasteiger partial charge in [-0.1, -0.05) is 0 Å². The molecular formula is C26H21F6N3O2. The van der Waals surface area contributed by atoms with Gasteiger partial charge in [-0.15, -0.1) is 0 Å². The highest BCUT2D eigenvalue weighted by atomic mass is 19.4. The smallest absolute Gasteiger partial charge is 0.332 e. The number of anilines is 1. The minimum atomic E-state index is -4.66. The number of nitrogens with zero attached hydrogens (tertiary/aromatic N) is 2. The fourth-order valence-electron chi connectivity index (χ4n) is 4.30. The van der Waals surface area contributed by atoms with E-state index in [1.165, 1.54) is 37.5 Å². The van der Waals surface area contributed by atoms with E-state index in [1.54, 1.807) is 12.1 Å². The Morgan fingerprint density at radius 3 is 2.41 bits per heavy atom. The standard InChI is InChI=1S/C26H21F6N3O2/c1-15-6-20(26(30,31)32)11-22(7-15)34-23(36)19-12-25(28,29)14-35(13-19)24(37)18-8-17(9-21(27)10-18)16-2-4-33-5-3-16/h2-11,19H,12-14H2,1H3,(H,34,36). The van der Waals surface area contributed by atoms with E-state index >= 15 is 0 Å². The van der Waals surface area contributed by atoms with E-state index < -0.39 is 60.7 Å². The van der Waals surface area contributed by atoms with Crippen LogP contribution in [0.25, 0.3) is 11.1 Å². The molecule has 1 saturated heterocycles. The van der Waals surface area contributed by atoms with Crippen LogP contribution in [0.15, 0.2) is 60.9 Å². The second-order valence-corrected chi connectivity index (χ2v) is 8.98. The lowest BCUT2D eigenvalue weighted by Crippen LogP contribution is -2.52. The van der Waals surface area contributed by atoms with E-state index in [1.807, 2.05) is 0 Å². The molecule has 1 fully saturated rings. The Kier molecular flexibility index (Phi) is 6.98. The molecule has 11 heteroatoms. The maximum Gasteiger partial charge on any atom is 0.416 e. The number of likely N-dealkylation sites (tertiary alicyclic amines) is 1. The monoisotopic (exact) mass is 521 g/mol. The molecule has 2 amide bonds. The van der Waals surface area contributed by atoms with Gasteiger partial charge < -0.3 is 10.2 Å². The molecule has 1 aliphatic rings. The van der Waals surface area contributed by atoms with Crippen LogP contribution in [0.4, 0.5) is 32.0 Å². The zero-order valence-electron chi connectivity index (χ0n) is 19.5. The summed E-state index contributed by atoms with van der Waals surface area (Å²) in [6.07, 6.45) is -2.61. The van der Waals surface area contributed by atoms with Crippen LogP contribution >= 0.6 is 0 Å². The summed E-state index contributed by atoms with van der Waals surface area (Å²) in [6.45, 7) is -0.00203. The van der Waals surface area contributed by atoms with E-state index in [2.05, 4.69) is 10.3 Å². The lowest BCUT2D eigenvalue weighted by molar-refractivity contribution is -0.137. The summed E-state index contributed by atoms with van der Waals surface area (Å²) in [7, 11) is 0. The van der Waals surface area contributed by atoms with Gasteiger partial charge in [0, 0.05) is 36.6 Å². The Morgan fingerprint density at radius 1 is 1.03 bits per heavy atom. The van der Waals surface area contributed by atoms with Crippen molar-refractivity contribution in [3.63, 3.8) is 0 Å². The number of halogens is 6. The number of benzene rings is 2. The number of aromatic nitrogens is 1.